The summed E-state index contributed by atoms with van der Waals surface area (Å²) < 4.78 is 0. The van der Waals surface area contributed by atoms with Gasteiger partial charge in [0.05, 0.1) is 0 Å². The average Bonchev–Trinajstić information content (AvgIpc) is 2.18. The minimum atomic E-state index is -1.28. The molecule has 0 fully saturated rings. The summed E-state index contributed by atoms with van der Waals surface area (Å²) in [6.07, 6.45) is 3.23. The minimum absolute atomic E-state index is 1.10. The lowest BCUT2D eigenvalue weighted by Crippen LogP contribution is -2.01. The summed E-state index contributed by atoms with van der Waals surface area (Å²) in [6.45, 7) is 2.18. The fourth-order valence-corrected chi connectivity index (χ4v) is 4.67. The highest BCUT2D eigenvalue weighted by molar-refractivity contribution is 8.72. The van der Waals surface area contributed by atoms with Crippen molar-refractivity contribution in [2.45, 2.75) is 6.92 Å². The Kier molecular flexibility index (Phi) is 3.82. The van der Waals surface area contributed by atoms with Crippen LogP contribution in [0.15, 0.2) is 30.3 Å². The van der Waals surface area contributed by atoms with Gasteiger partial charge in [-0.1, -0.05) is 49.1 Å². The van der Waals surface area contributed by atoms with Crippen molar-refractivity contribution < 1.29 is 0 Å². The maximum Gasteiger partial charge on any atom is 0.0332 e. The van der Waals surface area contributed by atoms with Gasteiger partial charge >= 0.3 is 0 Å². The van der Waals surface area contributed by atoms with Crippen LogP contribution >= 0.6 is 16.6 Å². The lowest BCUT2D eigenvalue weighted by atomic mass is 10.4. The molecule has 0 heterocycles. The van der Waals surface area contributed by atoms with Crippen LogP contribution in [0.3, 0.4) is 0 Å². The first-order chi connectivity index (χ1) is 5.73. The van der Waals surface area contributed by atoms with Crippen LogP contribution in [0.5, 0.6) is 0 Å². The predicted molar refractivity (Wildman–Crippen MR) is 64.4 cm³/mol. The molecule has 0 aliphatic rings. The van der Waals surface area contributed by atoms with E-state index in [9.17, 15) is 0 Å². The SMILES string of the molecule is CCP(=S)(SC)c1ccccc1. The molecule has 0 spiro atoms. The van der Waals surface area contributed by atoms with E-state index in [1.165, 1.54) is 5.30 Å². The van der Waals surface area contributed by atoms with Gasteiger partial charge < -0.3 is 0 Å². The third-order valence-electron chi connectivity index (χ3n) is 1.86. The quantitative estimate of drug-likeness (QED) is 0.712. The highest BCUT2D eigenvalue weighted by Gasteiger charge is 2.14. The Morgan fingerprint density at radius 2 is 1.92 bits per heavy atom. The highest BCUT2D eigenvalue weighted by atomic mass is 32.9. The van der Waals surface area contributed by atoms with Crippen molar-refractivity contribution >= 4 is 33.7 Å². The van der Waals surface area contributed by atoms with Gasteiger partial charge in [-0.05, 0) is 17.7 Å². The molecule has 66 valence electrons. The van der Waals surface area contributed by atoms with Gasteiger partial charge in [0, 0.05) is 5.24 Å². The summed E-state index contributed by atoms with van der Waals surface area (Å²) in [6, 6.07) is 10.5. The lowest BCUT2D eigenvalue weighted by Gasteiger charge is -2.17. The maximum atomic E-state index is 5.64. The van der Waals surface area contributed by atoms with E-state index in [2.05, 4.69) is 37.4 Å². The molecule has 0 saturated carbocycles. The van der Waals surface area contributed by atoms with E-state index in [-0.39, 0.29) is 0 Å². The maximum absolute atomic E-state index is 5.64. The fourth-order valence-electron chi connectivity index (χ4n) is 1.07. The topological polar surface area (TPSA) is 0 Å². The molecule has 0 aliphatic carbocycles. The Bertz CT molecular complexity index is 274. The molecule has 0 nitrogen and oxygen atoms in total. The average molecular weight is 216 g/mol. The predicted octanol–water partition coefficient (Wildman–Crippen LogP) is 3.09. The van der Waals surface area contributed by atoms with E-state index in [1.807, 2.05) is 17.4 Å². The molecule has 0 radical (unpaired) electrons. The second-order valence-electron chi connectivity index (χ2n) is 2.51. The van der Waals surface area contributed by atoms with E-state index in [0.717, 1.165) is 6.16 Å². The van der Waals surface area contributed by atoms with Gasteiger partial charge in [0.25, 0.3) is 0 Å². The number of hydrogen-bond acceptors (Lipinski definition) is 2. The highest BCUT2D eigenvalue weighted by Crippen LogP contribution is 2.55. The van der Waals surface area contributed by atoms with Crippen molar-refractivity contribution in [3.05, 3.63) is 30.3 Å². The van der Waals surface area contributed by atoms with Crippen LogP contribution in [0.25, 0.3) is 0 Å². The molecule has 1 unspecified atom stereocenters. The Labute approximate surface area is 83.5 Å². The molecular weight excluding hydrogens is 203 g/mol. The van der Waals surface area contributed by atoms with E-state index >= 15 is 0 Å². The molecule has 1 aromatic carbocycles. The molecule has 1 aromatic rings. The summed E-state index contributed by atoms with van der Waals surface area (Å²) in [7, 11) is 0. The van der Waals surface area contributed by atoms with E-state index < -0.39 is 5.24 Å². The van der Waals surface area contributed by atoms with Crippen molar-refractivity contribution in [2.75, 3.05) is 12.4 Å². The molecule has 0 aliphatic heterocycles. The Hall–Kier alpha value is 0.220. The molecule has 12 heavy (non-hydrogen) atoms. The molecule has 0 saturated heterocycles. The van der Waals surface area contributed by atoms with E-state index in [4.69, 9.17) is 11.8 Å². The number of rotatable bonds is 3. The summed E-state index contributed by atoms with van der Waals surface area (Å²) in [4.78, 5) is 0. The molecule has 0 N–H and O–H groups in total. The minimum Gasteiger partial charge on any atom is -0.123 e. The molecule has 1 atom stereocenters. The molecule has 0 amide bonds. The van der Waals surface area contributed by atoms with Gasteiger partial charge in [-0.25, -0.2) is 0 Å². The first-order valence-corrected chi connectivity index (χ1v) is 8.75. The normalized spacial score (nSPS) is 15.5. The number of hydrogen-bond donors (Lipinski definition) is 0. The van der Waals surface area contributed by atoms with Crippen molar-refractivity contribution in [2.24, 2.45) is 0 Å². The van der Waals surface area contributed by atoms with Gasteiger partial charge in [-0.2, -0.15) is 0 Å². The zero-order chi connectivity index (χ0) is 9.03. The van der Waals surface area contributed by atoms with Crippen LogP contribution in [0.4, 0.5) is 0 Å². The number of benzene rings is 1. The second kappa shape index (κ2) is 4.45. The smallest absolute Gasteiger partial charge is 0.0332 e. The van der Waals surface area contributed by atoms with E-state index in [1.54, 1.807) is 0 Å². The summed E-state index contributed by atoms with van der Waals surface area (Å²) >= 11 is 7.50. The van der Waals surface area contributed by atoms with Gasteiger partial charge in [-0.15, -0.1) is 11.4 Å². The zero-order valence-corrected chi connectivity index (χ0v) is 9.88. The van der Waals surface area contributed by atoms with Crippen LogP contribution in [0, 0.1) is 0 Å². The van der Waals surface area contributed by atoms with Crippen LogP contribution < -0.4 is 5.30 Å². The third-order valence-corrected chi connectivity index (χ3v) is 10.3. The largest absolute Gasteiger partial charge is 0.123 e. The first kappa shape index (κ1) is 10.3. The molecule has 1 rings (SSSR count). The van der Waals surface area contributed by atoms with Gasteiger partial charge in [-0.3, -0.25) is 0 Å². The third kappa shape index (κ3) is 2.12. The van der Waals surface area contributed by atoms with Crippen LogP contribution in [-0.4, -0.2) is 12.4 Å². The zero-order valence-electron chi connectivity index (χ0n) is 7.36. The fraction of sp³-hybridized carbons (Fsp3) is 0.333. The standard InChI is InChI=1S/C9H13PS2/c1-3-10(11,12-2)9-7-5-4-6-8-9/h4-8H,3H2,1-2H3. The summed E-state index contributed by atoms with van der Waals surface area (Å²) in [5.74, 6) is 0. The molecule has 0 aromatic heterocycles. The molecular formula is C9H13PS2. The summed E-state index contributed by atoms with van der Waals surface area (Å²) in [5, 5.41) is 0.0730. The lowest BCUT2D eigenvalue weighted by molar-refractivity contribution is 1.52. The van der Waals surface area contributed by atoms with Crippen LogP contribution in [-0.2, 0) is 11.8 Å². The Balaban J connectivity index is 3.04. The molecule has 3 heteroatoms. The first-order valence-electron chi connectivity index (χ1n) is 3.93. The van der Waals surface area contributed by atoms with Gasteiger partial charge in [0.15, 0.2) is 0 Å². The Morgan fingerprint density at radius 3 is 2.33 bits per heavy atom. The van der Waals surface area contributed by atoms with Crippen molar-refractivity contribution in [3.8, 4) is 0 Å². The van der Waals surface area contributed by atoms with Gasteiger partial charge in [0.2, 0.25) is 0 Å². The van der Waals surface area contributed by atoms with Gasteiger partial charge in [0.1, 0.15) is 0 Å². The molecule has 0 bridgehead atoms. The van der Waals surface area contributed by atoms with Crippen LogP contribution in [0.1, 0.15) is 6.92 Å². The van der Waals surface area contributed by atoms with E-state index in [0.29, 0.717) is 0 Å². The van der Waals surface area contributed by atoms with Crippen LogP contribution in [0.2, 0.25) is 0 Å². The second-order valence-corrected chi connectivity index (χ2v) is 10.9. The van der Waals surface area contributed by atoms with Crippen molar-refractivity contribution in [3.63, 3.8) is 0 Å². The summed E-state index contributed by atoms with van der Waals surface area (Å²) in [5.41, 5.74) is 0. The van der Waals surface area contributed by atoms with Crippen molar-refractivity contribution in [1.29, 1.82) is 0 Å². The Morgan fingerprint density at radius 1 is 1.33 bits per heavy atom. The monoisotopic (exact) mass is 216 g/mol. The van der Waals surface area contributed by atoms with Crippen molar-refractivity contribution in [1.82, 2.24) is 0 Å².